The van der Waals surface area contributed by atoms with Gasteiger partial charge in [0.1, 0.15) is 35.1 Å². The van der Waals surface area contributed by atoms with Crippen molar-refractivity contribution in [3.8, 4) is 27.6 Å². The average molecular weight is 768 g/mol. The monoisotopic (exact) mass is 767 g/mol. The number of hydrogen-bond donors (Lipinski definition) is 2. The molecular weight excluding hydrogens is 727 g/mol. The maximum Gasteiger partial charge on any atom is 0.267 e. The zero-order valence-corrected chi connectivity index (χ0v) is 32.2. The predicted octanol–water partition coefficient (Wildman–Crippen LogP) is 8.26. The molecule has 1 fully saturated rings. The summed E-state index contributed by atoms with van der Waals surface area (Å²) in [7, 11) is -4.80. The van der Waals surface area contributed by atoms with Crippen LogP contribution in [-0.4, -0.2) is 61.3 Å². The van der Waals surface area contributed by atoms with Crippen LogP contribution in [0.5, 0.6) is 5.75 Å². The van der Waals surface area contributed by atoms with Crippen molar-refractivity contribution < 1.29 is 26.1 Å². The highest BCUT2D eigenvalue weighted by atomic mass is 32.2. The Hall–Kier alpha value is -4.47. The van der Waals surface area contributed by atoms with Gasteiger partial charge in [-0.05, 0) is 48.9 Å². The second-order valence-electron chi connectivity index (χ2n) is 13.3. The van der Waals surface area contributed by atoms with Crippen molar-refractivity contribution in [1.29, 1.82) is 0 Å². The molecule has 274 valence electrons. The van der Waals surface area contributed by atoms with E-state index in [-0.39, 0.29) is 16.9 Å². The molecule has 6 rings (SSSR count). The number of thiazole rings is 1. The predicted molar refractivity (Wildman–Crippen MR) is 206 cm³/mol. The maximum absolute atomic E-state index is 14.4. The number of nitrogens with zero attached hydrogens (tertiary/aromatic N) is 4. The van der Waals surface area contributed by atoms with Gasteiger partial charge < -0.3 is 15.0 Å². The van der Waals surface area contributed by atoms with Crippen LogP contribution in [0.4, 0.5) is 31.8 Å². The number of aryl methyl sites for hydroxylation is 1. The molecule has 52 heavy (non-hydrogen) atoms. The third kappa shape index (κ3) is 7.96. The number of nitrogens with one attached hydrogen (secondary N) is 2. The van der Waals surface area contributed by atoms with Gasteiger partial charge in [-0.3, -0.25) is 4.72 Å². The minimum Gasteiger partial charge on any atom is -0.494 e. The lowest BCUT2D eigenvalue weighted by atomic mass is 10.1. The number of benzene rings is 3. The van der Waals surface area contributed by atoms with Gasteiger partial charge in [0, 0.05) is 61.1 Å². The summed E-state index contributed by atoms with van der Waals surface area (Å²) in [5, 5.41) is 4.39. The first kappa shape index (κ1) is 37.3. The van der Waals surface area contributed by atoms with E-state index in [9.17, 15) is 21.4 Å². The lowest BCUT2D eigenvalue weighted by molar-refractivity contribution is 0.416. The maximum atomic E-state index is 14.4. The minimum atomic E-state index is -4.58. The van der Waals surface area contributed by atoms with Crippen molar-refractivity contribution in [3.05, 3.63) is 89.1 Å². The van der Waals surface area contributed by atoms with Gasteiger partial charge in [-0.2, -0.15) is 0 Å². The molecule has 0 atom stereocenters. The van der Waals surface area contributed by atoms with E-state index in [4.69, 9.17) is 14.7 Å². The molecule has 0 aliphatic carbocycles. The summed E-state index contributed by atoms with van der Waals surface area (Å²) in [5.41, 5.74) is 4.66. The number of piperidine rings is 1. The molecule has 1 aliphatic heterocycles. The number of hydrogen-bond acceptors (Lipinski definition) is 10. The van der Waals surface area contributed by atoms with E-state index in [2.05, 4.69) is 19.9 Å². The standard InChI is InChI=1S/C37H41F2N6O4S3/c1-22(2)36-43-33(24-9-7-10-25(20-24)44-52(47,48)35-27(38)11-8-12-28(35)39)34(50-36)29-13-16-40-37(41-29)42-30-19-23(3)31(21-32(30)49-4)45-17-14-26(15-18-45)51(5,6)46/h7-13,16,19-22,26,44H,14-15,17-18H2,1-6H3,(H,40,41,42)/q+1. The molecule has 2 aromatic heterocycles. The van der Waals surface area contributed by atoms with Crippen LogP contribution < -0.4 is 19.7 Å². The van der Waals surface area contributed by atoms with E-state index in [0.717, 1.165) is 65.3 Å². The van der Waals surface area contributed by atoms with E-state index < -0.39 is 36.5 Å². The zero-order valence-electron chi connectivity index (χ0n) is 29.7. The topological polar surface area (TPSA) is 126 Å². The van der Waals surface area contributed by atoms with Crippen LogP contribution in [-0.2, 0) is 24.2 Å². The Bertz CT molecular complexity index is 2250. The molecule has 0 spiro atoms. The summed E-state index contributed by atoms with van der Waals surface area (Å²) in [6.07, 6.45) is 7.10. The highest BCUT2D eigenvalue weighted by Crippen LogP contribution is 2.41. The molecule has 0 radical (unpaired) electrons. The smallest absolute Gasteiger partial charge is 0.267 e. The summed E-state index contributed by atoms with van der Waals surface area (Å²) >= 11 is 1.46. The van der Waals surface area contributed by atoms with E-state index in [1.807, 2.05) is 45.4 Å². The Kier molecular flexibility index (Phi) is 10.7. The first-order valence-corrected chi connectivity index (χ1v) is 21.4. The van der Waals surface area contributed by atoms with Crippen LogP contribution in [0.15, 0.2) is 71.8 Å². The van der Waals surface area contributed by atoms with Gasteiger partial charge in [-0.15, -0.1) is 15.5 Å². The highest BCUT2D eigenvalue weighted by Gasteiger charge is 2.33. The number of ether oxygens (including phenoxy) is 1. The molecule has 2 N–H and O–H groups in total. The second-order valence-corrected chi connectivity index (χ2v) is 19.3. The van der Waals surface area contributed by atoms with Gasteiger partial charge in [0.2, 0.25) is 5.95 Å². The summed E-state index contributed by atoms with van der Waals surface area (Å²) in [5.74, 6) is -1.33. The van der Waals surface area contributed by atoms with E-state index in [0.29, 0.717) is 34.3 Å². The van der Waals surface area contributed by atoms with Gasteiger partial charge in [0.15, 0.2) is 4.90 Å². The molecule has 10 nitrogen and oxygen atoms in total. The van der Waals surface area contributed by atoms with Gasteiger partial charge in [-0.25, -0.2) is 32.2 Å². The normalized spacial score (nSPS) is 14.1. The summed E-state index contributed by atoms with van der Waals surface area (Å²) < 4.78 is 75.5. The molecule has 1 aliphatic rings. The molecule has 1 saturated heterocycles. The number of methoxy groups -OCH3 is 1. The molecular formula is C37H41F2N6O4S3+. The lowest BCUT2D eigenvalue weighted by Gasteiger charge is -2.34. The van der Waals surface area contributed by atoms with Crippen molar-refractivity contribution in [3.63, 3.8) is 0 Å². The average Bonchev–Trinajstić information content (AvgIpc) is 3.54. The number of aromatic nitrogens is 3. The quantitative estimate of drug-likeness (QED) is 0.128. The zero-order chi connectivity index (χ0) is 37.4. The number of sulfonamides is 1. The molecule has 3 aromatic carbocycles. The SMILES string of the molecule is COc1cc(N2CCC([S+](C)(C)=O)CC2)c(C)cc1Nc1nccc(-c2sc(C(C)C)nc2-c2cccc(NS(=O)(=O)c3c(F)cccc3F)c2)n1. The van der Waals surface area contributed by atoms with Gasteiger partial charge in [0.05, 0.1) is 44.0 Å². The highest BCUT2D eigenvalue weighted by molar-refractivity contribution is 8.02. The third-order valence-electron chi connectivity index (χ3n) is 8.95. The van der Waals surface area contributed by atoms with Crippen LogP contribution in [0.2, 0.25) is 0 Å². The molecule has 15 heteroatoms. The number of rotatable bonds is 11. The fraction of sp³-hybridized carbons (Fsp3) is 0.324. The molecule has 0 bridgehead atoms. The first-order valence-electron chi connectivity index (χ1n) is 16.7. The first-order chi connectivity index (χ1) is 24.6. The summed E-state index contributed by atoms with van der Waals surface area (Å²) in [6, 6.07) is 15.2. The lowest BCUT2D eigenvalue weighted by Crippen LogP contribution is -2.41. The Morgan fingerprint density at radius 1 is 1.00 bits per heavy atom. The van der Waals surface area contributed by atoms with Crippen molar-refractivity contribution in [2.24, 2.45) is 0 Å². The number of halogens is 2. The van der Waals surface area contributed by atoms with Crippen LogP contribution in [0, 0.1) is 18.6 Å². The van der Waals surface area contributed by atoms with Crippen LogP contribution >= 0.6 is 11.3 Å². The summed E-state index contributed by atoms with van der Waals surface area (Å²) in [4.78, 5) is 16.2. The van der Waals surface area contributed by atoms with Crippen LogP contribution in [0.25, 0.3) is 21.8 Å². The van der Waals surface area contributed by atoms with Crippen molar-refractivity contribution >= 4 is 54.3 Å². The largest absolute Gasteiger partial charge is 0.494 e. The molecule has 0 saturated carbocycles. The van der Waals surface area contributed by atoms with Crippen molar-refractivity contribution in [2.45, 2.75) is 49.7 Å². The van der Waals surface area contributed by atoms with Gasteiger partial charge >= 0.3 is 0 Å². The Labute approximate surface area is 308 Å². The third-order valence-corrected chi connectivity index (χ3v) is 13.8. The van der Waals surface area contributed by atoms with Crippen molar-refractivity contribution in [1.82, 2.24) is 15.0 Å². The second kappa shape index (κ2) is 14.9. The fourth-order valence-electron chi connectivity index (χ4n) is 6.24. The van der Waals surface area contributed by atoms with Gasteiger partial charge in [-0.1, -0.05) is 32.0 Å². The van der Waals surface area contributed by atoms with Crippen LogP contribution in [0.1, 0.15) is 43.2 Å². The van der Waals surface area contributed by atoms with E-state index in [1.165, 1.54) is 17.4 Å². The van der Waals surface area contributed by atoms with Crippen molar-refractivity contribution in [2.75, 3.05) is 47.6 Å². The Morgan fingerprint density at radius 3 is 2.35 bits per heavy atom. The molecule has 0 amide bonds. The molecule has 0 unspecified atom stereocenters. The molecule has 5 aromatic rings. The summed E-state index contributed by atoms with van der Waals surface area (Å²) in [6.45, 7) is 7.74. The van der Waals surface area contributed by atoms with Gasteiger partial charge in [0.25, 0.3) is 10.0 Å². The number of anilines is 4. The Balaban J connectivity index is 1.29. The van der Waals surface area contributed by atoms with Crippen LogP contribution in [0.3, 0.4) is 0 Å². The van der Waals surface area contributed by atoms with E-state index in [1.54, 1.807) is 37.6 Å². The Morgan fingerprint density at radius 2 is 1.69 bits per heavy atom. The van der Waals surface area contributed by atoms with E-state index >= 15 is 0 Å². The minimum absolute atomic E-state index is 0.0900. The fourth-order valence-corrected chi connectivity index (χ4v) is 9.84. The molecule has 3 heterocycles.